The third-order valence-electron chi connectivity index (χ3n) is 2.86. The Labute approximate surface area is 109 Å². The molecule has 0 aromatic heterocycles. The Balaban J connectivity index is 2.89. The molecular formula is C14H23N3O. The summed E-state index contributed by atoms with van der Waals surface area (Å²) in [6.07, 6.45) is 0. The molecule has 0 aliphatic carbocycles. The molecule has 4 nitrogen and oxygen atoms in total. The van der Waals surface area contributed by atoms with Crippen LogP contribution in [0.5, 0.6) is 0 Å². The average molecular weight is 249 g/mol. The van der Waals surface area contributed by atoms with Crippen LogP contribution in [-0.2, 0) is 4.79 Å². The molecule has 1 aromatic rings. The summed E-state index contributed by atoms with van der Waals surface area (Å²) < 4.78 is 0. The smallest absolute Gasteiger partial charge is 0.241 e. The highest BCUT2D eigenvalue weighted by Crippen LogP contribution is 2.25. The van der Waals surface area contributed by atoms with Crippen molar-refractivity contribution in [3.05, 3.63) is 24.3 Å². The van der Waals surface area contributed by atoms with Gasteiger partial charge >= 0.3 is 0 Å². The van der Waals surface area contributed by atoms with Gasteiger partial charge in [0.2, 0.25) is 5.91 Å². The van der Waals surface area contributed by atoms with Crippen molar-refractivity contribution in [2.75, 3.05) is 24.3 Å². The van der Waals surface area contributed by atoms with Crippen LogP contribution in [-0.4, -0.2) is 26.0 Å². The number of nitrogens with two attached hydrogens (primary N) is 1. The fourth-order valence-electron chi connectivity index (χ4n) is 1.57. The maximum absolute atomic E-state index is 12.1. The van der Waals surface area contributed by atoms with Crippen molar-refractivity contribution in [3.8, 4) is 0 Å². The summed E-state index contributed by atoms with van der Waals surface area (Å²) in [4.78, 5) is 14.0. The molecule has 0 unspecified atom stereocenters. The van der Waals surface area contributed by atoms with Crippen LogP contribution in [0.4, 0.5) is 11.4 Å². The first-order chi connectivity index (χ1) is 8.23. The summed E-state index contributed by atoms with van der Waals surface area (Å²) >= 11 is 0. The summed E-state index contributed by atoms with van der Waals surface area (Å²) in [5.41, 5.74) is 7.44. The van der Waals surface area contributed by atoms with E-state index in [0.29, 0.717) is 0 Å². The lowest BCUT2D eigenvalue weighted by Crippen LogP contribution is -2.45. The number of hydrogen-bond acceptors (Lipinski definition) is 3. The Morgan fingerprint density at radius 3 is 2.33 bits per heavy atom. The van der Waals surface area contributed by atoms with Gasteiger partial charge in [-0.3, -0.25) is 4.79 Å². The minimum atomic E-state index is -0.535. The SMILES string of the molecule is CN(C)c1ccccc1NC(=O)[C@@H](N)C(C)(C)C. The first-order valence-corrected chi connectivity index (χ1v) is 6.06. The molecule has 100 valence electrons. The lowest BCUT2D eigenvalue weighted by Gasteiger charge is -2.26. The molecule has 1 amide bonds. The number of rotatable bonds is 3. The Kier molecular flexibility index (Phi) is 4.35. The first-order valence-electron chi connectivity index (χ1n) is 6.06. The monoisotopic (exact) mass is 249 g/mol. The maximum Gasteiger partial charge on any atom is 0.241 e. The molecule has 3 N–H and O–H groups in total. The first kappa shape index (κ1) is 14.5. The van der Waals surface area contributed by atoms with Crippen molar-refractivity contribution >= 4 is 17.3 Å². The van der Waals surface area contributed by atoms with Crippen LogP contribution >= 0.6 is 0 Å². The van der Waals surface area contributed by atoms with Crippen molar-refractivity contribution in [3.63, 3.8) is 0 Å². The molecule has 0 heterocycles. The molecule has 4 heteroatoms. The van der Waals surface area contributed by atoms with Gasteiger partial charge in [0.15, 0.2) is 0 Å². The normalized spacial score (nSPS) is 13.0. The van der Waals surface area contributed by atoms with Crippen LogP contribution in [0.2, 0.25) is 0 Å². The minimum absolute atomic E-state index is 0.156. The zero-order valence-corrected chi connectivity index (χ0v) is 11.8. The average Bonchev–Trinajstić information content (AvgIpc) is 2.27. The van der Waals surface area contributed by atoms with Gasteiger partial charge in [0.1, 0.15) is 0 Å². The molecule has 0 saturated heterocycles. The second kappa shape index (κ2) is 5.40. The van der Waals surface area contributed by atoms with Crippen LogP contribution in [0.15, 0.2) is 24.3 Å². The van der Waals surface area contributed by atoms with Gasteiger partial charge < -0.3 is 16.0 Å². The number of benzene rings is 1. The van der Waals surface area contributed by atoms with E-state index >= 15 is 0 Å². The molecule has 0 saturated carbocycles. The zero-order chi connectivity index (χ0) is 13.9. The molecule has 0 fully saturated rings. The Hall–Kier alpha value is -1.55. The van der Waals surface area contributed by atoms with Crippen LogP contribution < -0.4 is 16.0 Å². The molecule has 1 atom stereocenters. The largest absolute Gasteiger partial charge is 0.376 e. The van der Waals surface area contributed by atoms with Gasteiger partial charge in [-0.25, -0.2) is 0 Å². The Morgan fingerprint density at radius 1 is 1.28 bits per heavy atom. The number of hydrogen-bond donors (Lipinski definition) is 2. The van der Waals surface area contributed by atoms with Gasteiger partial charge in [-0.1, -0.05) is 32.9 Å². The van der Waals surface area contributed by atoms with Crippen LogP contribution in [0.1, 0.15) is 20.8 Å². The molecule has 0 radical (unpaired) electrons. The molecule has 0 aliphatic heterocycles. The van der Waals surface area contributed by atoms with Crippen LogP contribution in [0, 0.1) is 5.41 Å². The number of amides is 1. The van der Waals surface area contributed by atoms with E-state index in [1.165, 1.54) is 0 Å². The number of nitrogens with zero attached hydrogens (tertiary/aromatic N) is 1. The summed E-state index contributed by atoms with van der Waals surface area (Å²) in [6.45, 7) is 5.86. The van der Waals surface area contributed by atoms with E-state index in [1.54, 1.807) is 0 Å². The summed E-state index contributed by atoms with van der Waals surface area (Å²) in [6, 6.07) is 7.13. The van der Waals surface area contributed by atoms with Gasteiger partial charge in [0.25, 0.3) is 0 Å². The third-order valence-corrected chi connectivity index (χ3v) is 2.86. The van der Waals surface area contributed by atoms with E-state index in [-0.39, 0.29) is 11.3 Å². The summed E-state index contributed by atoms with van der Waals surface area (Å²) in [5, 5.41) is 2.89. The van der Waals surface area contributed by atoms with E-state index in [1.807, 2.05) is 64.0 Å². The van der Waals surface area contributed by atoms with Gasteiger partial charge in [-0.05, 0) is 17.5 Å². The number of anilines is 2. The fourth-order valence-corrected chi connectivity index (χ4v) is 1.57. The predicted molar refractivity (Wildman–Crippen MR) is 76.8 cm³/mol. The standard InChI is InChI=1S/C14H23N3O/c1-14(2,3)12(15)13(18)16-10-8-6-7-9-11(10)17(4)5/h6-9,12H,15H2,1-5H3,(H,16,18)/t12-/m1/s1. The van der Waals surface area contributed by atoms with Gasteiger partial charge in [0.05, 0.1) is 17.4 Å². The number of carbonyl (C=O) groups excluding carboxylic acids is 1. The second-order valence-electron chi connectivity index (χ2n) is 5.74. The van der Waals surface area contributed by atoms with Crippen molar-refractivity contribution < 1.29 is 4.79 Å². The van der Waals surface area contributed by atoms with E-state index in [2.05, 4.69) is 5.32 Å². The van der Waals surface area contributed by atoms with Crippen molar-refractivity contribution in [1.82, 2.24) is 0 Å². The van der Waals surface area contributed by atoms with Crippen LogP contribution in [0.3, 0.4) is 0 Å². The lowest BCUT2D eigenvalue weighted by molar-refractivity contribution is -0.119. The van der Waals surface area contributed by atoms with E-state index in [9.17, 15) is 4.79 Å². The highest BCUT2D eigenvalue weighted by molar-refractivity contribution is 5.98. The van der Waals surface area contributed by atoms with E-state index in [0.717, 1.165) is 11.4 Å². The highest BCUT2D eigenvalue weighted by Gasteiger charge is 2.27. The maximum atomic E-state index is 12.1. The Morgan fingerprint density at radius 2 is 1.83 bits per heavy atom. The van der Waals surface area contributed by atoms with Crippen molar-refractivity contribution in [2.45, 2.75) is 26.8 Å². The van der Waals surface area contributed by atoms with E-state index < -0.39 is 6.04 Å². The minimum Gasteiger partial charge on any atom is -0.376 e. The topological polar surface area (TPSA) is 58.4 Å². The van der Waals surface area contributed by atoms with Crippen molar-refractivity contribution in [2.24, 2.45) is 11.1 Å². The van der Waals surface area contributed by atoms with Gasteiger partial charge in [-0.15, -0.1) is 0 Å². The quantitative estimate of drug-likeness (QED) is 0.862. The fraction of sp³-hybridized carbons (Fsp3) is 0.500. The summed E-state index contributed by atoms with van der Waals surface area (Å²) in [7, 11) is 3.88. The molecule has 0 aliphatic rings. The molecule has 18 heavy (non-hydrogen) atoms. The number of carbonyl (C=O) groups is 1. The molecule has 1 aromatic carbocycles. The predicted octanol–water partition coefficient (Wildman–Crippen LogP) is 2.06. The molecule has 0 spiro atoms. The second-order valence-corrected chi connectivity index (χ2v) is 5.74. The molecular weight excluding hydrogens is 226 g/mol. The van der Waals surface area contributed by atoms with Gasteiger partial charge in [0, 0.05) is 14.1 Å². The lowest BCUT2D eigenvalue weighted by atomic mass is 9.87. The van der Waals surface area contributed by atoms with Crippen LogP contribution in [0.25, 0.3) is 0 Å². The number of para-hydroxylation sites is 2. The summed E-state index contributed by atoms with van der Waals surface area (Å²) in [5.74, 6) is -0.156. The van der Waals surface area contributed by atoms with E-state index in [4.69, 9.17) is 5.73 Å². The number of nitrogens with one attached hydrogen (secondary N) is 1. The molecule has 1 rings (SSSR count). The third kappa shape index (κ3) is 3.47. The Bertz CT molecular complexity index is 421. The van der Waals surface area contributed by atoms with Crippen molar-refractivity contribution in [1.29, 1.82) is 0 Å². The van der Waals surface area contributed by atoms with Gasteiger partial charge in [-0.2, -0.15) is 0 Å². The highest BCUT2D eigenvalue weighted by atomic mass is 16.2. The molecule has 0 bridgehead atoms. The zero-order valence-electron chi connectivity index (χ0n) is 11.8.